The van der Waals surface area contributed by atoms with Gasteiger partial charge in [0.2, 0.25) is 0 Å². The molecule has 0 spiro atoms. The highest BCUT2D eigenvalue weighted by molar-refractivity contribution is 6.03. The highest BCUT2D eigenvalue weighted by atomic mass is 19.2. The molecule has 2 aromatic rings. The molecule has 3 rings (SSSR count). The number of anilines is 1. The minimum atomic E-state index is -1.67. The van der Waals surface area contributed by atoms with Crippen molar-refractivity contribution in [3.05, 3.63) is 46.8 Å². The summed E-state index contributed by atoms with van der Waals surface area (Å²) in [6.07, 6.45) is 3.01. The van der Waals surface area contributed by atoms with Crippen LogP contribution < -0.4 is 10.6 Å². The topological polar surface area (TPSA) is 76.0 Å². The van der Waals surface area contributed by atoms with Gasteiger partial charge in [0.25, 0.3) is 11.8 Å². The van der Waals surface area contributed by atoms with Gasteiger partial charge in [0.1, 0.15) is 5.69 Å². The van der Waals surface area contributed by atoms with Gasteiger partial charge < -0.3 is 15.2 Å². The Morgan fingerprint density at radius 1 is 1.15 bits per heavy atom. The van der Waals surface area contributed by atoms with Gasteiger partial charge in [-0.2, -0.15) is 0 Å². The number of carbonyl (C=O) groups excluding carboxylic acids is 2. The first-order valence-corrected chi connectivity index (χ1v) is 8.76. The predicted molar refractivity (Wildman–Crippen MR) is 92.1 cm³/mol. The predicted octanol–water partition coefficient (Wildman–Crippen LogP) is 3.03. The Labute approximate surface area is 153 Å². The highest BCUT2D eigenvalue weighted by Crippen LogP contribution is 2.24. The van der Waals surface area contributed by atoms with Crippen molar-refractivity contribution >= 4 is 17.5 Å². The number of benzene rings is 1. The van der Waals surface area contributed by atoms with E-state index in [1.165, 1.54) is 0 Å². The lowest BCUT2D eigenvalue weighted by molar-refractivity contribution is 0.0947. The van der Waals surface area contributed by atoms with Crippen LogP contribution in [0.3, 0.4) is 0 Å². The average Bonchev–Trinajstić information content (AvgIpc) is 3.06. The van der Waals surface area contributed by atoms with Gasteiger partial charge in [-0.15, -0.1) is 0 Å². The molecule has 144 valence electrons. The van der Waals surface area contributed by atoms with Crippen molar-refractivity contribution in [3.63, 3.8) is 0 Å². The van der Waals surface area contributed by atoms with Crippen molar-refractivity contribution in [2.75, 3.05) is 11.9 Å². The average molecular weight is 380 g/mol. The molecule has 0 radical (unpaired) electrons. The number of carbonyl (C=O) groups is 2. The van der Waals surface area contributed by atoms with Gasteiger partial charge in [-0.3, -0.25) is 9.59 Å². The lowest BCUT2D eigenvalue weighted by Crippen LogP contribution is -2.26. The summed E-state index contributed by atoms with van der Waals surface area (Å²) in [6, 6.07) is 1.65. The van der Waals surface area contributed by atoms with Crippen LogP contribution in [0.25, 0.3) is 0 Å². The van der Waals surface area contributed by atoms with Crippen molar-refractivity contribution in [2.45, 2.75) is 39.2 Å². The van der Waals surface area contributed by atoms with Gasteiger partial charge in [-0.05, 0) is 37.8 Å². The maximum Gasteiger partial charge on any atom is 0.291 e. The van der Waals surface area contributed by atoms with Gasteiger partial charge in [0, 0.05) is 13.1 Å². The van der Waals surface area contributed by atoms with Crippen LogP contribution in [0.2, 0.25) is 0 Å². The molecule has 1 aliphatic rings. The molecule has 1 aliphatic heterocycles. The van der Waals surface area contributed by atoms with Crippen LogP contribution in [0.4, 0.5) is 18.9 Å². The van der Waals surface area contributed by atoms with Gasteiger partial charge >= 0.3 is 0 Å². The molecule has 6 nitrogen and oxygen atoms in total. The van der Waals surface area contributed by atoms with Crippen molar-refractivity contribution in [3.8, 4) is 0 Å². The minimum Gasteiger partial charge on any atom is -0.351 e. The molecule has 1 aromatic carbocycles. The Hall–Kier alpha value is -2.84. The zero-order chi connectivity index (χ0) is 19.6. The highest BCUT2D eigenvalue weighted by Gasteiger charge is 2.28. The fraction of sp³-hybridized carbons (Fsp3) is 0.389. The molecular weight excluding hydrogens is 361 g/mol. The quantitative estimate of drug-likeness (QED) is 0.783. The zero-order valence-corrected chi connectivity index (χ0v) is 14.7. The summed E-state index contributed by atoms with van der Waals surface area (Å²) in [6.45, 7) is 2.89. The maximum atomic E-state index is 13.8. The molecule has 2 amide bonds. The second-order valence-corrected chi connectivity index (χ2v) is 6.27. The number of hydrogen-bond acceptors (Lipinski definition) is 3. The summed E-state index contributed by atoms with van der Waals surface area (Å²) in [4.78, 5) is 29.1. The number of nitrogens with zero attached hydrogens (tertiary/aromatic N) is 2. The van der Waals surface area contributed by atoms with Gasteiger partial charge in [0.15, 0.2) is 23.3 Å². The molecule has 0 fully saturated rings. The normalized spacial score (nSPS) is 13.2. The number of hydrogen-bond donors (Lipinski definition) is 2. The Bertz CT molecular complexity index is 895. The number of halogens is 3. The van der Waals surface area contributed by atoms with E-state index in [-0.39, 0.29) is 17.4 Å². The molecule has 0 unspecified atom stereocenters. The summed E-state index contributed by atoms with van der Waals surface area (Å²) in [5.74, 6) is -5.74. The number of fused-ring (bicyclic) bond motifs is 1. The molecule has 0 bridgehead atoms. The van der Waals surface area contributed by atoms with E-state index in [1.807, 2.05) is 6.92 Å². The van der Waals surface area contributed by atoms with E-state index in [9.17, 15) is 22.8 Å². The fourth-order valence-corrected chi connectivity index (χ4v) is 3.02. The largest absolute Gasteiger partial charge is 0.351 e. The van der Waals surface area contributed by atoms with E-state index >= 15 is 0 Å². The number of imidazole rings is 1. The Morgan fingerprint density at radius 3 is 2.67 bits per heavy atom. The molecule has 0 saturated heterocycles. The second-order valence-electron chi connectivity index (χ2n) is 6.27. The fourth-order valence-electron chi connectivity index (χ4n) is 3.02. The Kier molecular flexibility index (Phi) is 5.48. The van der Waals surface area contributed by atoms with Crippen molar-refractivity contribution in [1.82, 2.24) is 14.9 Å². The third kappa shape index (κ3) is 3.67. The van der Waals surface area contributed by atoms with E-state index in [2.05, 4.69) is 15.6 Å². The first kappa shape index (κ1) is 18.9. The van der Waals surface area contributed by atoms with Gasteiger partial charge in [0.05, 0.1) is 11.4 Å². The van der Waals surface area contributed by atoms with E-state index in [4.69, 9.17) is 0 Å². The molecular formula is C18H19F3N4O2. The summed E-state index contributed by atoms with van der Waals surface area (Å²) in [5.41, 5.74) is 0.314. The summed E-state index contributed by atoms with van der Waals surface area (Å²) in [7, 11) is 0. The van der Waals surface area contributed by atoms with Crippen LogP contribution in [0, 0.1) is 17.5 Å². The molecule has 0 atom stereocenters. The lowest BCUT2D eigenvalue weighted by Gasteiger charge is -2.17. The summed E-state index contributed by atoms with van der Waals surface area (Å²) in [5, 5.41) is 4.93. The van der Waals surface area contributed by atoms with Crippen molar-refractivity contribution in [2.24, 2.45) is 0 Å². The molecule has 2 N–H and O–H groups in total. The number of aromatic nitrogens is 2. The molecule has 1 aromatic heterocycles. The number of nitrogens with one attached hydrogen (secondary N) is 2. The summed E-state index contributed by atoms with van der Waals surface area (Å²) >= 11 is 0. The number of rotatable bonds is 5. The van der Waals surface area contributed by atoms with E-state index in [0.29, 0.717) is 25.2 Å². The Morgan fingerprint density at radius 2 is 1.93 bits per heavy atom. The second kappa shape index (κ2) is 7.81. The molecule has 27 heavy (non-hydrogen) atoms. The van der Waals surface area contributed by atoms with Crippen LogP contribution in [-0.2, 0) is 13.0 Å². The minimum absolute atomic E-state index is 0.0597. The SMILES string of the molecule is CCCNC(=O)c1nc(C(=O)Nc2ccc(F)c(F)c2F)n2c1CCCC2. The molecule has 9 heteroatoms. The first-order valence-electron chi connectivity index (χ1n) is 8.76. The van der Waals surface area contributed by atoms with Crippen LogP contribution >= 0.6 is 0 Å². The van der Waals surface area contributed by atoms with Crippen LogP contribution in [0.15, 0.2) is 12.1 Å². The third-order valence-electron chi connectivity index (χ3n) is 4.35. The molecule has 0 aliphatic carbocycles. The molecule has 2 heterocycles. The van der Waals surface area contributed by atoms with Gasteiger partial charge in [-0.25, -0.2) is 18.2 Å². The van der Waals surface area contributed by atoms with Gasteiger partial charge in [-0.1, -0.05) is 6.92 Å². The molecule has 0 saturated carbocycles. The van der Waals surface area contributed by atoms with E-state index in [0.717, 1.165) is 31.4 Å². The van der Waals surface area contributed by atoms with Crippen LogP contribution in [0.1, 0.15) is 53.0 Å². The van der Waals surface area contributed by atoms with Crippen molar-refractivity contribution in [1.29, 1.82) is 0 Å². The summed E-state index contributed by atoms with van der Waals surface area (Å²) < 4.78 is 41.9. The van der Waals surface area contributed by atoms with Crippen molar-refractivity contribution < 1.29 is 22.8 Å². The monoisotopic (exact) mass is 380 g/mol. The zero-order valence-electron chi connectivity index (χ0n) is 14.7. The number of amides is 2. The standard InChI is InChI=1S/C18H19F3N4O2/c1-2-8-22-17(26)15-12-5-3-4-9-25(12)16(24-15)18(27)23-11-7-6-10(19)13(20)14(11)21/h6-7H,2-5,8-9H2,1H3,(H,22,26)(H,23,27). The van der Waals surface area contributed by atoms with Crippen LogP contribution in [-0.4, -0.2) is 27.9 Å². The lowest BCUT2D eigenvalue weighted by atomic mass is 10.1. The maximum absolute atomic E-state index is 13.8. The smallest absolute Gasteiger partial charge is 0.291 e. The Balaban J connectivity index is 1.92. The van der Waals surface area contributed by atoms with E-state index in [1.54, 1.807) is 4.57 Å². The third-order valence-corrected chi connectivity index (χ3v) is 4.35. The van der Waals surface area contributed by atoms with E-state index < -0.39 is 29.0 Å². The first-order chi connectivity index (χ1) is 12.9. The van der Waals surface area contributed by atoms with Crippen LogP contribution in [0.5, 0.6) is 0 Å².